The molecule has 1 fully saturated rings. The second-order valence-electron chi connectivity index (χ2n) is 3.77. The lowest BCUT2D eigenvalue weighted by Crippen LogP contribution is -2.14. The summed E-state index contributed by atoms with van der Waals surface area (Å²) in [6.45, 7) is 2.69. The van der Waals surface area contributed by atoms with Crippen molar-refractivity contribution >= 4 is 15.9 Å². The number of aryl methyl sites for hydroxylation is 1. The molecule has 0 spiro atoms. The zero-order valence-corrected chi connectivity index (χ0v) is 9.30. The van der Waals surface area contributed by atoms with Crippen molar-refractivity contribution in [3.05, 3.63) is 22.1 Å². The molecule has 1 heterocycles. The van der Waals surface area contributed by atoms with Gasteiger partial charge < -0.3 is 10.2 Å². The van der Waals surface area contributed by atoms with E-state index >= 15 is 0 Å². The number of nitrogens with two attached hydrogens (primary N) is 1. The predicted octanol–water partition coefficient (Wildman–Crippen LogP) is 2.80. The molecule has 0 saturated heterocycles. The van der Waals surface area contributed by atoms with Crippen LogP contribution in [0.25, 0.3) is 0 Å². The van der Waals surface area contributed by atoms with Gasteiger partial charge in [-0.3, -0.25) is 0 Å². The Morgan fingerprint density at radius 1 is 1.69 bits per heavy atom. The molecule has 1 aliphatic rings. The number of hydrogen-bond donors (Lipinski definition) is 1. The van der Waals surface area contributed by atoms with Gasteiger partial charge >= 0.3 is 0 Å². The van der Waals surface area contributed by atoms with E-state index in [4.69, 9.17) is 10.2 Å². The fourth-order valence-corrected chi connectivity index (χ4v) is 2.49. The number of hydrogen-bond acceptors (Lipinski definition) is 2. The Bertz CT molecular complexity index is 304. The largest absolute Gasteiger partial charge is 0.454 e. The average Bonchev–Trinajstić information content (AvgIpc) is 2.82. The molecule has 0 aromatic carbocycles. The molecule has 13 heavy (non-hydrogen) atoms. The van der Waals surface area contributed by atoms with Crippen LogP contribution >= 0.6 is 15.9 Å². The third-order valence-corrected chi connectivity index (χ3v) is 3.30. The zero-order chi connectivity index (χ0) is 9.42. The van der Waals surface area contributed by atoms with Gasteiger partial charge in [-0.05, 0) is 54.2 Å². The van der Waals surface area contributed by atoms with E-state index in [1.165, 1.54) is 18.4 Å². The molecule has 2 nitrogen and oxygen atoms in total. The van der Waals surface area contributed by atoms with Crippen LogP contribution < -0.4 is 5.73 Å². The molecule has 1 saturated carbocycles. The molecule has 0 aliphatic heterocycles. The molecule has 2 N–H and O–H groups in total. The van der Waals surface area contributed by atoms with E-state index in [9.17, 15) is 0 Å². The summed E-state index contributed by atoms with van der Waals surface area (Å²) in [5, 5.41) is 0. The lowest BCUT2D eigenvalue weighted by molar-refractivity contribution is 0.498. The van der Waals surface area contributed by atoms with E-state index in [2.05, 4.69) is 22.0 Å². The summed E-state index contributed by atoms with van der Waals surface area (Å²) in [4.78, 5) is 0. The van der Waals surface area contributed by atoms with Gasteiger partial charge in [0.2, 0.25) is 0 Å². The van der Waals surface area contributed by atoms with Gasteiger partial charge in [0, 0.05) is 11.5 Å². The van der Waals surface area contributed by atoms with Crippen molar-refractivity contribution in [2.45, 2.75) is 25.7 Å². The summed E-state index contributed by atoms with van der Waals surface area (Å²) in [5.74, 6) is 2.24. The van der Waals surface area contributed by atoms with Crippen LogP contribution in [-0.2, 0) is 0 Å². The second kappa shape index (κ2) is 3.46. The molecular weight excluding hydrogens is 230 g/mol. The number of halogens is 1. The van der Waals surface area contributed by atoms with Crippen molar-refractivity contribution in [3.63, 3.8) is 0 Å². The van der Waals surface area contributed by atoms with Crippen LogP contribution in [0.5, 0.6) is 0 Å². The van der Waals surface area contributed by atoms with E-state index in [1.54, 1.807) is 0 Å². The number of furan rings is 1. The minimum Gasteiger partial charge on any atom is -0.454 e. The maximum Gasteiger partial charge on any atom is 0.172 e. The fraction of sp³-hybridized carbons (Fsp3) is 0.600. The normalized spacial score (nSPS) is 19.0. The minimum absolute atomic E-state index is 0.492. The van der Waals surface area contributed by atoms with Crippen molar-refractivity contribution in [2.75, 3.05) is 6.54 Å². The Balaban J connectivity index is 2.25. The molecule has 1 aromatic heterocycles. The summed E-state index contributed by atoms with van der Waals surface area (Å²) in [6, 6.07) is 2.10. The van der Waals surface area contributed by atoms with Gasteiger partial charge in [-0.2, -0.15) is 0 Å². The second-order valence-corrected chi connectivity index (χ2v) is 4.49. The van der Waals surface area contributed by atoms with Gasteiger partial charge in [-0.1, -0.05) is 0 Å². The Morgan fingerprint density at radius 2 is 2.38 bits per heavy atom. The highest BCUT2D eigenvalue weighted by Gasteiger charge is 2.33. The van der Waals surface area contributed by atoms with Crippen molar-refractivity contribution in [3.8, 4) is 0 Å². The molecule has 72 valence electrons. The molecule has 3 heteroatoms. The third kappa shape index (κ3) is 1.81. The third-order valence-electron chi connectivity index (χ3n) is 2.68. The Hall–Kier alpha value is -0.280. The molecule has 1 aromatic rings. The van der Waals surface area contributed by atoms with Gasteiger partial charge in [0.1, 0.15) is 5.76 Å². The molecule has 0 radical (unpaired) electrons. The van der Waals surface area contributed by atoms with Crippen LogP contribution in [-0.4, -0.2) is 6.54 Å². The van der Waals surface area contributed by atoms with Crippen LogP contribution in [0.4, 0.5) is 0 Å². The van der Waals surface area contributed by atoms with Gasteiger partial charge in [-0.15, -0.1) is 0 Å². The fourth-order valence-electron chi connectivity index (χ4n) is 1.83. The lowest BCUT2D eigenvalue weighted by Gasteiger charge is -2.11. The van der Waals surface area contributed by atoms with Crippen molar-refractivity contribution in [1.29, 1.82) is 0 Å². The smallest absolute Gasteiger partial charge is 0.172 e. The van der Waals surface area contributed by atoms with Crippen LogP contribution in [0.3, 0.4) is 0 Å². The first-order valence-corrected chi connectivity index (χ1v) is 5.47. The minimum atomic E-state index is 0.492. The first-order chi connectivity index (χ1) is 6.22. The topological polar surface area (TPSA) is 39.2 Å². The lowest BCUT2D eigenvalue weighted by atomic mass is 9.97. The molecule has 0 amide bonds. The Kier molecular flexibility index (Phi) is 2.47. The average molecular weight is 244 g/mol. The Morgan fingerprint density at radius 3 is 2.77 bits per heavy atom. The Labute approximate surface area is 86.6 Å². The summed E-state index contributed by atoms with van der Waals surface area (Å²) in [7, 11) is 0. The molecule has 1 unspecified atom stereocenters. The van der Waals surface area contributed by atoms with Crippen molar-refractivity contribution in [1.82, 2.24) is 0 Å². The quantitative estimate of drug-likeness (QED) is 0.887. The van der Waals surface area contributed by atoms with Crippen LogP contribution in [0.15, 0.2) is 15.2 Å². The van der Waals surface area contributed by atoms with Crippen molar-refractivity contribution < 1.29 is 4.42 Å². The summed E-state index contributed by atoms with van der Waals surface area (Å²) in [6.07, 6.45) is 2.64. The maximum atomic E-state index is 5.76. The molecule has 2 rings (SSSR count). The monoisotopic (exact) mass is 243 g/mol. The summed E-state index contributed by atoms with van der Waals surface area (Å²) < 4.78 is 6.30. The highest BCUT2D eigenvalue weighted by atomic mass is 79.9. The van der Waals surface area contributed by atoms with Crippen LogP contribution in [0.1, 0.15) is 30.1 Å². The van der Waals surface area contributed by atoms with Gasteiger partial charge in [0.05, 0.1) is 0 Å². The van der Waals surface area contributed by atoms with Gasteiger partial charge in [0.25, 0.3) is 0 Å². The van der Waals surface area contributed by atoms with E-state index < -0.39 is 0 Å². The summed E-state index contributed by atoms with van der Waals surface area (Å²) >= 11 is 3.43. The molecule has 1 atom stereocenters. The summed E-state index contributed by atoms with van der Waals surface area (Å²) in [5.41, 5.74) is 7.01. The van der Waals surface area contributed by atoms with Crippen LogP contribution in [0, 0.1) is 12.8 Å². The van der Waals surface area contributed by atoms with Gasteiger partial charge in [-0.25, -0.2) is 0 Å². The van der Waals surface area contributed by atoms with E-state index in [0.717, 1.165) is 22.9 Å². The SMILES string of the molecule is Cc1cc(C(CN)C2CC2)c(Br)o1. The van der Waals surface area contributed by atoms with E-state index in [0.29, 0.717) is 5.92 Å². The van der Waals surface area contributed by atoms with E-state index in [-0.39, 0.29) is 0 Å². The molecule has 1 aliphatic carbocycles. The first-order valence-electron chi connectivity index (χ1n) is 4.68. The predicted molar refractivity (Wildman–Crippen MR) is 55.7 cm³/mol. The number of rotatable bonds is 3. The maximum absolute atomic E-state index is 5.76. The van der Waals surface area contributed by atoms with E-state index in [1.807, 2.05) is 6.92 Å². The zero-order valence-electron chi connectivity index (χ0n) is 7.72. The molecule has 0 bridgehead atoms. The van der Waals surface area contributed by atoms with Gasteiger partial charge in [0.15, 0.2) is 4.67 Å². The van der Waals surface area contributed by atoms with Crippen molar-refractivity contribution in [2.24, 2.45) is 11.7 Å². The highest BCUT2D eigenvalue weighted by molar-refractivity contribution is 9.10. The molecular formula is C10H14BrNO. The highest BCUT2D eigenvalue weighted by Crippen LogP contribution is 2.44. The van der Waals surface area contributed by atoms with Crippen LogP contribution in [0.2, 0.25) is 0 Å². The first kappa shape index (κ1) is 9.28. The standard InChI is InChI=1S/C10H14BrNO/c1-6-4-8(10(11)13-6)9(5-12)7-2-3-7/h4,7,9H,2-3,5,12H2,1H3.